The second kappa shape index (κ2) is 7.34. The van der Waals surface area contributed by atoms with Crippen LogP contribution in [-0.2, 0) is 27.5 Å². The number of sulfonamides is 1. The number of benzene rings is 2. The zero-order valence-corrected chi connectivity index (χ0v) is 14.3. The molecule has 0 aliphatic rings. The summed E-state index contributed by atoms with van der Waals surface area (Å²) in [7, 11) is -3.16. The SMILES string of the molecule is COC(=O)c1cc(CN)cc(NS(=O)(=O)c2cccc(C(F)(F)F)c2)c1. The van der Waals surface area contributed by atoms with Gasteiger partial charge in [0.2, 0.25) is 0 Å². The Morgan fingerprint density at radius 2 is 1.88 bits per heavy atom. The minimum Gasteiger partial charge on any atom is -0.465 e. The molecule has 0 aliphatic heterocycles. The first-order valence-electron chi connectivity index (χ1n) is 7.19. The average Bonchev–Trinajstić information content (AvgIpc) is 2.59. The van der Waals surface area contributed by atoms with E-state index in [1.54, 1.807) is 0 Å². The summed E-state index contributed by atoms with van der Waals surface area (Å²) in [5, 5.41) is 0. The second-order valence-electron chi connectivity index (χ2n) is 5.25. The fourth-order valence-electron chi connectivity index (χ4n) is 2.16. The van der Waals surface area contributed by atoms with E-state index in [0.717, 1.165) is 25.3 Å². The van der Waals surface area contributed by atoms with Crippen molar-refractivity contribution in [1.29, 1.82) is 0 Å². The Bertz CT molecular complexity index is 927. The Morgan fingerprint density at radius 1 is 1.19 bits per heavy atom. The highest BCUT2D eigenvalue weighted by molar-refractivity contribution is 7.92. The lowest BCUT2D eigenvalue weighted by molar-refractivity contribution is -0.137. The van der Waals surface area contributed by atoms with Gasteiger partial charge in [-0.2, -0.15) is 13.2 Å². The predicted molar refractivity (Wildman–Crippen MR) is 87.9 cm³/mol. The maximum Gasteiger partial charge on any atom is 0.416 e. The standard InChI is InChI=1S/C16H15F3N2O4S/c1-25-15(22)11-5-10(9-20)6-13(7-11)21-26(23,24)14-4-2-3-12(8-14)16(17,18)19/h2-8,21H,9,20H2,1H3. The van der Waals surface area contributed by atoms with Gasteiger partial charge in [-0.15, -0.1) is 0 Å². The van der Waals surface area contributed by atoms with Crippen LogP contribution in [0, 0.1) is 0 Å². The van der Waals surface area contributed by atoms with E-state index in [-0.39, 0.29) is 17.8 Å². The number of methoxy groups -OCH3 is 1. The van der Waals surface area contributed by atoms with Gasteiger partial charge in [-0.1, -0.05) is 6.07 Å². The Kier molecular flexibility index (Phi) is 5.57. The number of ether oxygens (including phenoxy) is 1. The second-order valence-corrected chi connectivity index (χ2v) is 6.93. The molecule has 0 saturated heterocycles. The van der Waals surface area contributed by atoms with E-state index in [9.17, 15) is 26.4 Å². The number of rotatable bonds is 5. The van der Waals surface area contributed by atoms with Crippen LogP contribution in [-0.4, -0.2) is 21.5 Å². The van der Waals surface area contributed by atoms with Crippen LogP contribution < -0.4 is 10.5 Å². The van der Waals surface area contributed by atoms with Crippen molar-refractivity contribution in [2.45, 2.75) is 17.6 Å². The van der Waals surface area contributed by atoms with E-state index < -0.39 is 32.6 Å². The maximum absolute atomic E-state index is 12.8. The molecule has 26 heavy (non-hydrogen) atoms. The van der Waals surface area contributed by atoms with Crippen LogP contribution in [0.3, 0.4) is 0 Å². The molecule has 6 nitrogen and oxygen atoms in total. The highest BCUT2D eigenvalue weighted by Crippen LogP contribution is 2.31. The molecule has 0 saturated carbocycles. The van der Waals surface area contributed by atoms with E-state index in [1.165, 1.54) is 18.2 Å². The van der Waals surface area contributed by atoms with Gasteiger partial charge in [0.1, 0.15) is 0 Å². The number of halogens is 3. The molecular weight excluding hydrogens is 373 g/mol. The third kappa shape index (κ3) is 4.52. The molecule has 0 heterocycles. The average molecular weight is 388 g/mol. The molecule has 0 aromatic heterocycles. The molecule has 2 aromatic rings. The van der Waals surface area contributed by atoms with Gasteiger partial charge in [0, 0.05) is 12.2 Å². The number of nitrogens with two attached hydrogens (primary N) is 1. The Labute approximate surface area is 147 Å². The first kappa shape index (κ1) is 19.7. The van der Waals surface area contributed by atoms with Crippen molar-refractivity contribution < 1.29 is 31.1 Å². The van der Waals surface area contributed by atoms with Crippen molar-refractivity contribution in [2.75, 3.05) is 11.8 Å². The zero-order valence-electron chi connectivity index (χ0n) is 13.5. The summed E-state index contributed by atoms with van der Waals surface area (Å²) in [5.41, 5.74) is 4.90. The topological polar surface area (TPSA) is 98.5 Å². The van der Waals surface area contributed by atoms with Crippen LogP contribution in [0.5, 0.6) is 0 Å². The number of hydrogen-bond acceptors (Lipinski definition) is 5. The summed E-state index contributed by atoms with van der Waals surface area (Å²) in [4.78, 5) is 11.1. The molecule has 3 N–H and O–H groups in total. The number of alkyl halides is 3. The van der Waals surface area contributed by atoms with E-state index in [1.807, 2.05) is 0 Å². The van der Waals surface area contributed by atoms with Crippen LogP contribution in [0.2, 0.25) is 0 Å². The number of anilines is 1. The monoisotopic (exact) mass is 388 g/mol. The third-order valence-corrected chi connectivity index (χ3v) is 4.75. The normalized spacial score (nSPS) is 11.9. The number of carbonyl (C=O) groups is 1. The van der Waals surface area contributed by atoms with E-state index in [2.05, 4.69) is 9.46 Å². The summed E-state index contributed by atoms with van der Waals surface area (Å²) in [5.74, 6) is -0.709. The van der Waals surface area contributed by atoms with Gasteiger partial charge < -0.3 is 10.5 Å². The van der Waals surface area contributed by atoms with E-state index in [4.69, 9.17) is 5.73 Å². The maximum atomic E-state index is 12.8. The molecular formula is C16H15F3N2O4S. The van der Waals surface area contributed by atoms with Gasteiger partial charge in [-0.25, -0.2) is 13.2 Å². The summed E-state index contributed by atoms with van der Waals surface area (Å²) in [6, 6.07) is 7.32. The van der Waals surface area contributed by atoms with Crippen LogP contribution in [0.4, 0.5) is 18.9 Å². The number of nitrogens with one attached hydrogen (secondary N) is 1. The van der Waals surface area contributed by atoms with Gasteiger partial charge in [-0.05, 0) is 42.0 Å². The van der Waals surface area contributed by atoms with Crippen LogP contribution in [0.25, 0.3) is 0 Å². The molecule has 2 aromatic carbocycles. The van der Waals surface area contributed by atoms with Crippen molar-refractivity contribution in [1.82, 2.24) is 0 Å². The Morgan fingerprint density at radius 3 is 2.46 bits per heavy atom. The number of carbonyl (C=O) groups excluding carboxylic acids is 1. The van der Waals surface area contributed by atoms with Crippen molar-refractivity contribution in [3.63, 3.8) is 0 Å². The summed E-state index contributed by atoms with van der Waals surface area (Å²) in [6.45, 7) is 0.0170. The lowest BCUT2D eigenvalue weighted by atomic mass is 10.1. The number of hydrogen-bond donors (Lipinski definition) is 2. The van der Waals surface area contributed by atoms with E-state index >= 15 is 0 Å². The first-order valence-corrected chi connectivity index (χ1v) is 8.67. The van der Waals surface area contributed by atoms with Gasteiger partial charge in [-0.3, -0.25) is 4.72 Å². The molecule has 0 atom stereocenters. The summed E-state index contributed by atoms with van der Waals surface area (Å²) < 4.78 is 69.9. The molecule has 0 bridgehead atoms. The molecule has 2 rings (SSSR count). The molecule has 0 aliphatic carbocycles. The van der Waals surface area contributed by atoms with Crippen LogP contribution in [0.15, 0.2) is 47.4 Å². The molecule has 0 radical (unpaired) electrons. The van der Waals surface area contributed by atoms with Crippen LogP contribution in [0.1, 0.15) is 21.5 Å². The molecule has 0 unspecified atom stereocenters. The first-order chi connectivity index (χ1) is 12.1. The van der Waals surface area contributed by atoms with Crippen LogP contribution >= 0.6 is 0 Å². The van der Waals surface area contributed by atoms with Crippen molar-refractivity contribution in [2.24, 2.45) is 5.73 Å². The Balaban J connectivity index is 2.42. The van der Waals surface area contributed by atoms with Gasteiger partial charge >= 0.3 is 12.1 Å². The summed E-state index contributed by atoms with van der Waals surface area (Å²) >= 11 is 0. The summed E-state index contributed by atoms with van der Waals surface area (Å²) in [6.07, 6.45) is -4.68. The minimum absolute atomic E-state index is 0.0170. The highest BCUT2D eigenvalue weighted by Gasteiger charge is 2.31. The molecule has 140 valence electrons. The van der Waals surface area contributed by atoms with Gasteiger partial charge in [0.05, 0.1) is 23.1 Å². The lowest BCUT2D eigenvalue weighted by Crippen LogP contribution is -2.15. The predicted octanol–water partition coefficient (Wildman–Crippen LogP) is 2.75. The van der Waals surface area contributed by atoms with Gasteiger partial charge in [0.25, 0.3) is 10.0 Å². The van der Waals surface area contributed by atoms with Crippen molar-refractivity contribution in [3.8, 4) is 0 Å². The highest BCUT2D eigenvalue weighted by atomic mass is 32.2. The molecule has 0 spiro atoms. The smallest absolute Gasteiger partial charge is 0.416 e. The van der Waals surface area contributed by atoms with E-state index in [0.29, 0.717) is 11.6 Å². The quantitative estimate of drug-likeness (QED) is 0.768. The molecule has 10 heteroatoms. The zero-order chi connectivity index (χ0) is 19.5. The van der Waals surface area contributed by atoms with Crippen molar-refractivity contribution >= 4 is 21.7 Å². The lowest BCUT2D eigenvalue weighted by Gasteiger charge is -2.13. The van der Waals surface area contributed by atoms with Gasteiger partial charge in [0.15, 0.2) is 0 Å². The van der Waals surface area contributed by atoms with Crippen molar-refractivity contribution in [3.05, 3.63) is 59.2 Å². The largest absolute Gasteiger partial charge is 0.465 e. The third-order valence-electron chi connectivity index (χ3n) is 3.37. The Hall–Kier alpha value is -2.59. The molecule has 0 fully saturated rings. The molecule has 0 amide bonds. The number of esters is 1. The fourth-order valence-corrected chi connectivity index (χ4v) is 3.24. The fraction of sp³-hybridized carbons (Fsp3) is 0.188. The minimum atomic E-state index is -4.68.